The van der Waals surface area contributed by atoms with Gasteiger partial charge in [-0.15, -0.1) is 0 Å². The maximum absolute atomic E-state index is 11.3. The molecular formula is C9H13NO4. The van der Waals surface area contributed by atoms with Crippen LogP contribution in [0.25, 0.3) is 0 Å². The first-order valence-electron chi connectivity index (χ1n) is 4.50. The molecule has 5 nitrogen and oxygen atoms in total. The van der Waals surface area contributed by atoms with Crippen LogP contribution in [0.2, 0.25) is 0 Å². The molecule has 0 radical (unpaired) electrons. The van der Waals surface area contributed by atoms with Crippen molar-refractivity contribution in [3.05, 3.63) is 11.3 Å². The number of aliphatic hydroxyl groups is 1. The molecule has 1 rings (SSSR count). The fourth-order valence-corrected chi connectivity index (χ4v) is 1.20. The van der Waals surface area contributed by atoms with E-state index in [1.807, 2.05) is 0 Å². The molecule has 1 saturated heterocycles. The van der Waals surface area contributed by atoms with E-state index >= 15 is 0 Å². The van der Waals surface area contributed by atoms with Crippen LogP contribution in [0.1, 0.15) is 13.3 Å². The van der Waals surface area contributed by atoms with Crippen molar-refractivity contribution >= 4 is 11.8 Å². The standard InChI is InChI=1S/C9H13NO4/c1-2-14-9(13)8(12)6-5-10-4-3-7(6)11/h10,12H,2-5H2,1H3. The van der Waals surface area contributed by atoms with Gasteiger partial charge in [0.2, 0.25) is 5.76 Å². The van der Waals surface area contributed by atoms with Crippen LogP contribution in [0.5, 0.6) is 0 Å². The van der Waals surface area contributed by atoms with Crippen LogP contribution >= 0.6 is 0 Å². The Morgan fingerprint density at radius 3 is 2.93 bits per heavy atom. The van der Waals surface area contributed by atoms with Crippen molar-refractivity contribution in [3.63, 3.8) is 0 Å². The Kier molecular flexibility index (Phi) is 3.64. The summed E-state index contributed by atoms with van der Waals surface area (Å²) in [6, 6.07) is 0. The Bertz CT molecular complexity index is 283. The predicted octanol–water partition coefficient (Wildman–Crippen LogP) is -0.0760. The Balaban J connectivity index is 2.79. The quantitative estimate of drug-likeness (QED) is 0.369. The summed E-state index contributed by atoms with van der Waals surface area (Å²) in [6.07, 6.45) is 0.304. The summed E-state index contributed by atoms with van der Waals surface area (Å²) in [5.41, 5.74) is 0.120. The number of hydrogen-bond acceptors (Lipinski definition) is 5. The lowest BCUT2D eigenvalue weighted by Gasteiger charge is -2.15. The fraction of sp³-hybridized carbons (Fsp3) is 0.556. The number of nitrogens with one attached hydrogen (secondary N) is 1. The lowest BCUT2D eigenvalue weighted by Crippen LogP contribution is -2.32. The number of hydrogen-bond donors (Lipinski definition) is 2. The lowest BCUT2D eigenvalue weighted by atomic mass is 10.0. The molecule has 1 aliphatic heterocycles. The molecule has 0 aromatic carbocycles. The molecule has 0 amide bonds. The van der Waals surface area contributed by atoms with Gasteiger partial charge in [0.15, 0.2) is 5.78 Å². The summed E-state index contributed by atoms with van der Waals surface area (Å²) in [5, 5.41) is 12.3. The van der Waals surface area contributed by atoms with E-state index in [-0.39, 0.29) is 24.5 Å². The van der Waals surface area contributed by atoms with E-state index in [2.05, 4.69) is 10.1 Å². The minimum absolute atomic E-state index is 0.120. The van der Waals surface area contributed by atoms with E-state index < -0.39 is 11.7 Å². The first-order valence-corrected chi connectivity index (χ1v) is 4.50. The van der Waals surface area contributed by atoms with Gasteiger partial charge in [-0.1, -0.05) is 0 Å². The monoisotopic (exact) mass is 199 g/mol. The van der Waals surface area contributed by atoms with Gasteiger partial charge in [0.05, 0.1) is 12.2 Å². The smallest absolute Gasteiger partial charge is 0.373 e. The average molecular weight is 199 g/mol. The number of Topliss-reactive ketones (excluding diaryl/α,β-unsaturated/α-hetero) is 1. The molecule has 0 aromatic rings. The summed E-state index contributed by atoms with van der Waals surface area (Å²) in [7, 11) is 0. The van der Waals surface area contributed by atoms with Crippen molar-refractivity contribution in [3.8, 4) is 0 Å². The van der Waals surface area contributed by atoms with Gasteiger partial charge in [0, 0.05) is 19.5 Å². The molecule has 0 bridgehead atoms. The maximum atomic E-state index is 11.3. The lowest BCUT2D eigenvalue weighted by molar-refractivity contribution is -0.142. The molecule has 78 valence electrons. The molecule has 0 saturated carbocycles. The van der Waals surface area contributed by atoms with Gasteiger partial charge in [-0.05, 0) is 6.92 Å². The number of piperidine rings is 1. The number of carbonyl (C=O) groups is 2. The van der Waals surface area contributed by atoms with Gasteiger partial charge in [0.25, 0.3) is 0 Å². The first kappa shape index (κ1) is 10.7. The van der Waals surface area contributed by atoms with Crippen molar-refractivity contribution in [2.45, 2.75) is 13.3 Å². The van der Waals surface area contributed by atoms with E-state index in [9.17, 15) is 14.7 Å². The molecule has 0 spiro atoms. The minimum atomic E-state index is -0.834. The van der Waals surface area contributed by atoms with Gasteiger partial charge in [0.1, 0.15) is 0 Å². The van der Waals surface area contributed by atoms with Gasteiger partial charge in [-0.25, -0.2) is 4.79 Å². The third-order valence-electron chi connectivity index (χ3n) is 1.92. The van der Waals surface area contributed by atoms with Crippen molar-refractivity contribution in [2.24, 2.45) is 0 Å². The van der Waals surface area contributed by atoms with E-state index in [0.29, 0.717) is 13.0 Å². The fourth-order valence-electron chi connectivity index (χ4n) is 1.20. The maximum Gasteiger partial charge on any atom is 0.373 e. The predicted molar refractivity (Wildman–Crippen MR) is 48.8 cm³/mol. The van der Waals surface area contributed by atoms with Crippen molar-refractivity contribution in [1.82, 2.24) is 5.32 Å². The van der Waals surface area contributed by atoms with Crippen LogP contribution in [0.4, 0.5) is 0 Å². The van der Waals surface area contributed by atoms with Crippen LogP contribution in [-0.4, -0.2) is 36.6 Å². The van der Waals surface area contributed by atoms with Crippen LogP contribution in [-0.2, 0) is 14.3 Å². The average Bonchev–Trinajstić information content (AvgIpc) is 2.18. The van der Waals surface area contributed by atoms with Gasteiger partial charge >= 0.3 is 5.97 Å². The summed E-state index contributed by atoms with van der Waals surface area (Å²) < 4.78 is 4.58. The molecule has 14 heavy (non-hydrogen) atoms. The molecule has 1 fully saturated rings. The van der Waals surface area contributed by atoms with Crippen LogP contribution in [0, 0.1) is 0 Å². The van der Waals surface area contributed by atoms with Crippen LogP contribution < -0.4 is 5.32 Å². The van der Waals surface area contributed by atoms with Gasteiger partial charge < -0.3 is 15.2 Å². The third kappa shape index (κ3) is 2.32. The summed E-state index contributed by atoms with van der Waals surface area (Å²) in [4.78, 5) is 22.4. The molecule has 5 heteroatoms. The number of carbonyl (C=O) groups excluding carboxylic acids is 2. The zero-order valence-electron chi connectivity index (χ0n) is 8.00. The zero-order chi connectivity index (χ0) is 10.6. The number of esters is 1. The highest BCUT2D eigenvalue weighted by Crippen LogP contribution is 2.09. The topological polar surface area (TPSA) is 75.6 Å². The minimum Gasteiger partial charge on any atom is -0.502 e. The summed E-state index contributed by atoms with van der Waals surface area (Å²) in [6.45, 7) is 2.62. The van der Waals surface area contributed by atoms with E-state index in [1.54, 1.807) is 6.92 Å². The highest BCUT2D eigenvalue weighted by atomic mass is 16.5. The largest absolute Gasteiger partial charge is 0.502 e. The molecule has 0 aromatic heterocycles. The Morgan fingerprint density at radius 2 is 2.36 bits per heavy atom. The van der Waals surface area contributed by atoms with Crippen molar-refractivity contribution < 1.29 is 19.4 Å². The number of aliphatic hydroxyl groups excluding tert-OH is 1. The van der Waals surface area contributed by atoms with Crippen LogP contribution in [0.15, 0.2) is 11.3 Å². The SMILES string of the molecule is CCOC(=O)C(O)=C1CNCCC1=O. The van der Waals surface area contributed by atoms with Crippen molar-refractivity contribution in [2.75, 3.05) is 19.7 Å². The number of rotatable bonds is 2. The summed E-state index contributed by atoms with van der Waals surface area (Å²) in [5.74, 6) is -1.60. The van der Waals surface area contributed by atoms with Gasteiger partial charge in [-0.3, -0.25) is 4.79 Å². The molecule has 0 aliphatic carbocycles. The molecule has 0 atom stereocenters. The molecule has 1 heterocycles. The molecule has 0 unspecified atom stereocenters. The third-order valence-corrected chi connectivity index (χ3v) is 1.92. The van der Waals surface area contributed by atoms with Crippen molar-refractivity contribution in [1.29, 1.82) is 0 Å². The second kappa shape index (κ2) is 4.76. The highest BCUT2D eigenvalue weighted by molar-refractivity contribution is 6.03. The normalized spacial score (nSPS) is 20.5. The Labute approximate surface area is 81.7 Å². The van der Waals surface area contributed by atoms with Crippen LogP contribution in [0.3, 0.4) is 0 Å². The van der Waals surface area contributed by atoms with E-state index in [0.717, 1.165) is 0 Å². The Hall–Kier alpha value is -1.36. The van der Waals surface area contributed by atoms with E-state index in [4.69, 9.17) is 0 Å². The Morgan fingerprint density at radius 1 is 1.64 bits per heavy atom. The zero-order valence-corrected chi connectivity index (χ0v) is 8.00. The molecule has 1 aliphatic rings. The molecule has 2 N–H and O–H groups in total. The number of ether oxygens (including phenoxy) is 1. The van der Waals surface area contributed by atoms with Gasteiger partial charge in [-0.2, -0.15) is 0 Å². The summed E-state index contributed by atoms with van der Waals surface area (Å²) >= 11 is 0. The van der Waals surface area contributed by atoms with E-state index in [1.165, 1.54) is 0 Å². The number of ketones is 1. The second-order valence-electron chi connectivity index (χ2n) is 2.90. The first-order chi connectivity index (χ1) is 6.66. The second-order valence-corrected chi connectivity index (χ2v) is 2.90. The molecular weight excluding hydrogens is 186 g/mol. The highest BCUT2D eigenvalue weighted by Gasteiger charge is 2.23.